The zero-order valence-corrected chi connectivity index (χ0v) is 12.3. The first-order valence-electron chi connectivity index (χ1n) is 6.82. The minimum Gasteiger partial charge on any atom is -0.489 e. The Hall–Kier alpha value is -1.62. The maximum atomic E-state index is 13.8. The number of amides is 1. The molecule has 0 aliphatic carbocycles. The highest BCUT2D eigenvalue weighted by Crippen LogP contribution is 2.23. The lowest BCUT2D eigenvalue weighted by Gasteiger charge is -2.15. The van der Waals surface area contributed by atoms with Crippen molar-refractivity contribution in [2.45, 2.75) is 27.3 Å². The van der Waals surface area contributed by atoms with Gasteiger partial charge in [0.2, 0.25) is 5.91 Å². The van der Waals surface area contributed by atoms with Crippen molar-refractivity contribution < 1.29 is 13.9 Å². The molecule has 5 heteroatoms. The van der Waals surface area contributed by atoms with Gasteiger partial charge in [-0.2, -0.15) is 0 Å². The Balaban J connectivity index is 2.70. The number of hydrogen-bond acceptors (Lipinski definition) is 3. The van der Waals surface area contributed by atoms with Gasteiger partial charge < -0.3 is 15.8 Å². The highest BCUT2D eigenvalue weighted by molar-refractivity contribution is 5.76. The molecule has 1 unspecified atom stereocenters. The molecule has 112 valence electrons. The summed E-state index contributed by atoms with van der Waals surface area (Å²) in [6.45, 7) is 7.30. The monoisotopic (exact) mass is 282 g/mol. The lowest BCUT2D eigenvalue weighted by Crippen LogP contribution is -2.26. The van der Waals surface area contributed by atoms with E-state index >= 15 is 0 Å². The van der Waals surface area contributed by atoms with Crippen LogP contribution in [0.2, 0.25) is 0 Å². The fourth-order valence-electron chi connectivity index (χ4n) is 1.64. The van der Waals surface area contributed by atoms with Crippen LogP contribution in [0, 0.1) is 17.7 Å². The van der Waals surface area contributed by atoms with Gasteiger partial charge in [0.25, 0.3) is 0 Å². The van der Waals surface area contributed by atoms with Crippen molar-refractivity contribution in [3.05, 3.63) is 29.6 Å². The van der Waals surface area contributed by atoms with Gasteiger partial charge in [-0.05, 0) is 18.5 Å². The molecule has 0 radical (unpaired) electrons. The molecule has 4 nitrogen and oxygen atoms in total. The van der Waals surface area contributed by atoms with Crippen molar-refractivity contribution in [1.29, 1.82) is 0 Å². The SMILES string of the molecule is CC(C)CNCc1cccc(F)c1OCC(C)C(N)=O. The topological polar surface area (TPSA) is 64.3 Å². The minimum atomic E-state index is -0.458. The van der Waals surface area contributed by atoms with Gasteiger partial charge in [0.15, 0.2) is 11.6 Å². The number of carbonyl (C=O) groups is 1. The number of nitrogens with one attached hydrogen (secondary N) is 1. The molecule has 0 bridgehead atoms. The lowest BCUT2D eigenvalue weighted by atomic mass is 10.1. The van der Waals surface area contributed by atoms with Gasteiger partial charge in [0, 0.05) is 12.1 Å². The fraction of sp³-hybridized carbons (Fsp3) is 0.533. The van der Waals surface area contributed by atoms with Crippen molar-refractivity contribution in [2.75, 3.05) is 13.2 Å². The lowest BCUT2D eigenvalue weighted by molar-refractivity contribution is -0.122. The van der Waals surface area contributed by atoms with Gasteiger partial charge in [-0.25, -0.2) is 4.39 Å². The average molecular weight is 282 g/mol. The molecule has 0 aliphatic heterocycles. The molecule has 20 heavy (non-hydrogen) atoms. The van der Waals surface area contributed by atoms with Crippen molar-refractivity contribution in [3.8, 4) is 5.75 Å². The molecule has 0 saturated carbocycles. The number of nitrogens with two attached hydrogens (primary N) is 1. The summed E-state index contributed by atoms with van der Waals surface area (Å²) in [5, 5.41) is 3.24. The number of rotatable bonds is 8. The van der Waals surface area contributed by atoms with E-state index in [1.54, 1.807) is 19.1 Å². The number of carbonyl (C=O) groups excluding carboxylic acids is 1. The van der Waals surface area contributed by atoms with E-state index in [4.69, 9.17) is 10.5 Å². The van der Waals surface area contributed by atoms with Crippen LogP contribution in [0.1, 0.15) is 26.3 Å². The van der Waals surface area contributed by atoms with E-state index in [0.29, 0.717) is 12.5 Å². The summed E-state index contributed by atoms with van der Waals surface area (Å²) in [6, 6.07) is 4.79. The van der Waals surface area contributed by atoms with Crippen LogP contribution < -0.4 is 15.8 Å². The first-order valence-corrected chi connectivity index (χ1v) is 6.82. The van der Waals surface area contributed by atoms with Gasteiger partial charge >= 0.3 is 0 Å². The summed E-state index contributed by atoms with van der Waals surface area (Å²) >= 11 is 0. The molecular weight excluding hydrogens is 259 g/mol. The summed E-state index contributed by atoms with van der Waals surface area (Å²) < 4.78 is 19.3. The molecule has 0 heterocycles. The number of para-hydroxylation sites is 1. The van der Waals surface area contributed by atoms with E-state index in [2.05, 4.69) is 19.2 Å². The van der Waals surface area contributed by atoms with Gasteiger partial charge in [0.1, 0.15) is 0 Å². The van der Waals surface area contributed by atoms with Crippen molar-refractivity contribution in [2.24, 2.45) is 17.6 Å². The summed E-state index contributed by atoms with van der Waals surface area (Å²) in [4.78, 5) is 11.0. The molecule has 0 saturated heterocycles. The largest absolute Gasteiger partial charge is 0.489 e. The van der Waals surface area contributed by atoms with Crippen LogP contribution >= 0.6 is 0 Å². The van der Waals surface area contributed by atoms with E-state index in [9.17, 15) is 9.18 Å². The Morgan fingerprint density at radius 1 is 1.40 bits per heavy atom. The zero-order chi connectivity index (χ0) is 15.1. The van der Waals surface area contributed by atoms with Crippen LogP contribution in [0.3, 0.4) is 0 Å². The molecule has 1 rings (SSSR count). The Morgan fingerprint density at radius 3 is 2.70 bits per heavy atom. The zero-order valence-electron chi connectivity index (χ0n) is 12.3. The third-order valence-electron chi connectivity index (χ3n) is 2.88. The van der Waals surface area contributed by atoms with E-state index in [0.717, 1.165) is 12.1 Å². The Labute approximate surface area is 119 Å². The minimum absolute atomic E-state index is 0.0768. The average Bonchev–Trinajstić information content (AvgIpc) is 2.37. The molecule has 1 aromatic carbocycles. The summed E-state index contributed by atoms with van der Waals surface area (Å²) in [5.41, 5.74) is 5.90. The van der Waals surface area contributed by atoms with Crippen LogP contribution in [0.25, 0.3) is 0 Å². The predicted molar refractivity (Wildman–Crippen MR) is 76.8 cm³/mol. The smallest absolute Gasteiger partial charge is 0.223 e. The predicted octanol–water partition coefficient (Wildman–Crippen LogP) is 2.07. The first-order chi connectivity index (χ1) is 9.41. The molecule has 1 amide bonds. The van der Waals surface area contributed by atoms with E-state index in [1.165, 1.54) is 6.07 Å². The molecule has 0 fully saturated rings. The molecule has 0 aromatic heterocycles. The summed E-state index contributed by atoms with van der Waals surface area (Å²) in [7, 11) is 0. The molecule has 1 atom stereocenters. The van der Waals surface area contributed by atoms with Crippen LogP contribution in [0.4, 0.5) is 4.39 Å². The number of benzene rings is 1. The normalized spacial score (nSPS) is 12.4. The Kier molecular flexibility index (Phi) is 6.45. The van der Waals surface area contributed by atoms with Crippen molar-refractivity contribution in [1.82, 2.24) is 5.32 Å². The summed E-state index contributed by atoms with van der Waals surface area (Å²) in [6.07, 6.45) is 0. The quantitative estimate of drug-likeness (QED) is 0.767. The number of primary amides is 1. The maximum Gasteiger partial charge on any atom is 0.223 e. The Bertz CT molecular complexity index is 449. The van der Waals surface area contributed by atoms with Crippen LogP contribution in [-0.2, 0) is 11.3 Å². The molecule has 0 spiro atoms. The van der Waals surface area contributed by atoms with Gasteiger partial charge in [-0.1, -0.05) is 32.9 Å². The van der Waals surface area contributed by atoms with E-state index in [-0.39, 0.29) is 12.4 Å². The van der Waals surface area contributed by atoms with Gasteiger partial charge in [0.05, 0.1) is 12.5 Å². The van der Waals surface area contributed by atoms with Crippen molar-refractivity contribution >= 4 is 5.91 Å². The summed E-state index contributed by atoms with van der Waals surface area (Å²) in [5.74, 6) is -0.628. The molecular formula is C15H23FN2O2. The second-order valence-electron chi connectivity index (χ2n) is 5.37. The maximum absolute atomic E-state index is 13.8. The van der Waals surface area contributed by atoms with E-state index in [1.807, 2.05) is 0 Å². The third-order valence-corrected chi connectivity index (χ3v) is 2.88. The highest BCUT2D eigenvalue weighted by Gasteiger charge is 2.14. The second-order valence-corrected chi connectivity index (χ2v) is 5.37. The second kappa shape index (κ2) is 7.85. The van der Waals surface area contributed by atoms with Crippen molar-refractivity contribution in [3.63, 3.8) is 0 Å². The number of ether oxygens (including phenoxy) is 1. The third kappa shape index (κ3) is 5.17. The highest BCUT2D eigenvalue weighted by atomic mass is 19.1. The standard InChI is InChI=1S/C15H23FN2O2/c1-10(2)7-18-8-12-5-4-6-13(16)14(12)20-9-11(3)15(17)19/h4-6,10-11,18H,7-9H2,1-3H3,(H2,17,19). The number of halogens is 1. The molecule has 1 aromatic rings. The Morgan fingerprint density at radius 2 is 2.10 bits per heavy atom. The number of hydrogen-bond donors (Lipinski definition) is 2. The van der Waals surface area contributed by atoms with Gasteiger partial charge in [-0.15, -0.1) is 0 Å². The van der Waals surface area contributed by atoms with Crippen LogP contribution in [0.15, 0.2) is 18.2 Å². The molecule has 0 aliphatic rings. The van der Waals surface area contributed by atoms with Gasteiger partial charge in [-0.3, -0.25) is 4.79 Å². The molecule has 3 N–H and O–H groups in total. The fourth-order valence-corrected chi connectivity index (χ4v) is 1.64. The van der Waals surface area contributed by atoms with Crippen LogP contribution in [0.5, 0.6) is 5.75 Å². The van der Waals surface area contributed by atoms with Crippen LogP contribution in [-0.4, -0.2) is 19.1 Å². The first kappa shape index (κ1) is 16.4. The van der Waals surface area contributed by atoms with E-state index < -0.39 is 17.6 Å².